The number of nitrogens with zero attached hydrogens (tertiary/aromatic N) is 1. The first-order valence-electron chi connectivity index (χ1n) is 8.06. The Morgan fingerprint density at radius 3 is 2.59 bits per heavy atom. The number of aromatic nitrogens is 1. The second-order valence-corrected chi connectivity index (χ2v) is 6.27. The normalized spacial score (nSPS) is 10.9. The van der Waals surface area contributed by atoms with Crippen molar-refractivity contribution >= 4 is 34.9 Å². The van der Waals surface area contributed by atoms with Gasteiger partial charge in [0.05, 0.1) is 12.7 Å². The highest BCUT2D eigenvalue weighted by atomic mass is 32.1. The summed E-state index contributed by atoms with van der Waals surface area (Å²) in [5.74, 6) is -0.103. The maximum absolute atomic E-state index is 12.7. The molecular weight excluding hydrogens is 362 g/mol. The minimum Gasteiger partial charge on any atom is -0.497 e. The molecule has 2 N–H and O–H groups in total. The lowest BCUT2D eigenvalue weighted by atomic mass is 10.2. The Bertz CT molecular complexity index is 936. The van der Waals surface area contributed by atoms with Crippen LogP contribution in [0.4, 0.5) is 5.69 Å². The number of pyridine rings is 1. The maximum Gasteiger partial charge on any atom is 0.272 e. The zero-order valence-corrected chi connectivity index (χ0v) is 15.3. The van der Waals surface area contributed by atoms with Gasteiger partial charge in [-0.1, -0.05) is 6.07 Å². The van der Waals surface area contributed by atoms with E-state index in [0.29, 0.717) is 22.6 Å². The Hall–Kier alpha value is -3.45. The molecule has 27 heavy (non-hydrogen) atoms. The van der Waals surface area contributed by atoms with E-state index < -0.39 is 5.91 Å². The third-order valence-corrected chi connectivity index (χ3v) is 4.30. The molecule has 7 heteroatoms. The van der Waals surface area contributed by atoms with Crippen LogP contribution in [0.25, 0.3) is 6.08 Å². The van der Waals surface area contributed by atoms with Crippen LogP contribution in [0.3, 0.4) is 0 Å². The number of ether oxygens (including phenoxy) is 1. The number of carbonyl (C=O) groups excluding carboxylic acids is 2. The van der Waals surface area contributed by atoms with Crippen LogP contribution in [-0.2, 0) is 4.79 Å². The minimum atomic E-state index is -0.437. The summed E-state index contributed by atoms with van der Waals surface area (Å²) in [6, 6.07) is 12.2. The predicted molar refractivity (Wildman–Crippen MR) is 106 cm³/mol. The van der Waals surface area contributed by atoms with Gasteiger partial charge in [-0.2, -0.15) is 11.3 Å². The lowest BCUT2D eigenvalue weighted by Crippen LogP contribution is -2.30. The first-order chi connectivity index (χ1) is 13.2. The lowest BCUT2D eigenvalue weighted by Gasteiger charge is -2.11. The predicted octanol–water partition coefficient (Wildman–Crippen LogP) is 3.56. The van der Waals surface area contributed by atoms with Crippen molar-refractivity contribution in [2.45, 2.75) is 0 Å². The van der Waals surface area contributed by atoms with Crippen molar-refractivity contribution in [3.8, 4) is 5.75 Å². The van der Waals surface area contributed by atoms with E-state index >= 15 is 0 Å². The number of anilines is 1. The van der Waals surface area contributed by atoms with Crippen molar-refractivity contribution < 1.29 is 14.3 Å². The third kappa shape index (κ3) is 5.02. The summed E-state index contributed by atoms with van der Waals surface area (Å²) in [7, 11) is 1.57. The summed E-state index contributed by atoms with van der Waals surface area (Å²) >= 11 is 1.41. The molecule has 0 aliphatic heterocycles. The van der Waals surface area contributed by atoms with Crippen LogP contribution < -0.4 is 15.4 Å². The molecule has 2 heterocycles. The van der Waals surface area contributed by atoms with E-state index in [2.05, 4.69) is 15.6 Å². The molecule has 0 unspecified atom stereocenters. The number of nitrogens with one attached hydrogen (secondary N) is 2. The summed E-state index contributed by atoms with van der Waals surface area (Å²) in [5.41, 5.74) is 1.90. The molecule has 3 aromatic rings. The topological polar surface area (TPSA) is 80.3 Å². The van der Waals surface area contributed by atoms with E-state index in [1.807, 2.05) is 0 Å². The quantitative estimate of drug-likeness (QED) is 0.642. The Balaban J connectivity index is 1.82. The van der Waals surface area contributed by atoms with Crippen LogP contribution in [-0.4, -0.2) is 23.9 Å². The molecule has 2 amide bonds. The van der Waals surface area contributed by atoms with Gasteiger partial charge in [0.25, 0.3) is 11.8 Å². The zero-order chi connectivity index (χ0) is 19.1. The van der Waals surface area contributed by atoms with Crippen molar-refractivity contribution in [1.29, 1.82) is 0 Å². The third-order valence-electron chi connectivity index (χ3n) is 3.62. The molecule has 3 rings (SSSR count). The molecule has 0 spiro atoms. The average Bonchev–Trinajstić information content (AvgIpc) is 3.24. The van der Waals surface area contributed by atoms with Gasteiger partial charge in [0.1, 0.15) is 11.4 Å². The fourth-order valence-electron chi connectivity index (χ4n) is 2.25. The van der Waals surface area contributed by atoms with E-state index in [1.165, 1.54) is 11.3 Å². The van der Waals surface area contributed by atoms with Crippen LogP contribution in [0.5, 0.6) is 5.75 Å². The van der Waals surface area contributed by atoms with Crippen molar-refractivity contribution in [1.82, 2.24) is 10.3 Å². The van der Waals surface area contributed by atoms with E-state index in [9.17, 15) is 9.59 Å². The Kier molecular flexibility index (Phi) is 5.96. The number of methoxy groups -OCH3 is 1. The number of thiophene rings is 1. The number of benzene rings is 1. The van der Waals surface area contributed by atoms with Crippen LogP contribution in [0.15, 0.2) is 71.3 Å². The standard InChI is InChI=1S/C20H17N3O3S/c1-26-17-6-4-16(5-7-17)22-20(25)18(11-14-3-2-9-21-12-14)23-19(24)15-8-10-27-13-15/h2-13H,1H3,(H,22,25)(H,23,24). The van der Waals surface area contributed by atoms with Gasteiger partial charge in [-0.25, -0.2) is 0 Å². The zero-order valence-electron chi connectivity index (χ0n) is 14.5. The summed E-state index contributed by atoms with van der Waals surface area (Å²) < 4.78 is 5.11. The van der Waals surface area contributed by atoms with E-state index in [0.717, 1.165) is 0 Å². The SMILES string of the molecule is COc1ccc(NC(=O)C(=Cc2cccnc2)NC(=O)c2ccsc2)cc1. The molecule has 6 nitrogen and oxygen atoms in total. The van der Waals surface area contributed by atoms with Gasteiger partial charge in [0.2, 0.25) is 0 Å². The number of hydrogen-bond donors (Lipinski definition) is 2. The fraction of sp³-hybridized carbons (Fsp3) is 0.0500. The lowest BCUT2D eigenvalue weighted by molar-refractivity contribution is -0.113. The maximum atomic E-state index is 12.7. The van der Waals surface area contributed by atoms with Crippen LogP contribution >= 0.6 is 11.3 Å². The highest BCUT2D eigenvalue weighted by Crippen LogP contribution is 2.16. The Morgan fingerprint density at radius 1 is 1.15 bits per heavy atom. The van der Waals surface area contributed by atoms with Crippen LogP contribution in [0.1, 0.15) is 15.9 Å². The molecule has 1 aromatic carbocycles. The molecule has 0 saturated heterocycles. The van der Waals surface area contributed by atoms with Gasteiger partial charge in [0.15, 0.2) is 0 Å². The number of hydrogen-bond acceptors (Lipinski definition) is 5. The first-order valence-corrected chi connectivity index (χ1v) is 9.00. The Morgan fingerprint density at radius 2 is 1.96 bits per heavy atom. The van der Waals surface area contributed by atoms with Gasteiger partial charge in [-0.3, -0.25) is 14.6 Å². The first kappa shape index (κ1) is 18.3. The minimum absolute atomic E-state index is 0.120. The molecule has 0 bridgehead atoms. The highest BCUT2D eigenvalue weighted by molar-refractivity contribution is 7.08. The number of rotatable bonds is 6. The highest BCUT2D eigenvalue weighted by Gasteiger charge is 2.15. The molecule has 0 saturated carbocycles. The molecule has 0 aliphatic rings. The second-order valence-electron chi connectivity index (χ2n) is 5.49. The average molecular weight is 379 g/mol. The number of amides is 2. The van der Waals surface area contributed by atoms with Gasteiger partial charge in [0, 0.05) is 23.5 Å². The molecule has 0 atom stereocenters. The van der Waals surface area contributed by atoms with Crippen molar-refractivity contribution in [3.05, 3.63) is 82.4 Å². The van der Waals surface area contributed by atoms with Crippen molar-refractivity contribution in [2.75, 3.05) is 12.4 Å². The summed E-state index contributed by atoms with van der Waals surface area (Å²) in [6.45, 7) is 0. The van der Waals surface area contributed by atoms with Crippen molar-refractivity contribution in [3.63, 3.8) is 0 Å². The summed E-state index contributed by atoms with van der Waals surface area (Å²) in [4.78, 5) is 29.2. The Labute approximate surface area is 160 Å². The molecule has 2 aromatic heterocycles. The fourth-order valence-corrected chi connectivity index (χ4v) is 2.88. The van der Waals surface area contributed by atoms with Crippen LogP contribution in [0, 0.1) is 0 Å². The number of carbonyl (C=O) groups is 2. The van der Waals surface area contributed by atoms with Gasteiger partial charge >= 0.3 is 0 Å². The van der Waals surface area contributed by atoms with Crippen LogP contribution in [0.2, 0.25) is 0 Å². The smallest absolute Gasteiger partial charge is 0.272 e. The second kappa shape index (κ2) is 8.77. The molecule has 0 radical (unpaired) electrons. The van der Waals surface area contributed by atoms with E-state index in [1.54, 1.807) is 78.8 Å². The van der Waals surface area contributed by atoms with E-state index in [4.69, 9.17) is 4.74 Å². The molecule has 0 aliphatic carbocycles. The summed E-state index contributed by atoms with van der Waals surface area (Å²) in [6.07, 6.45) is 4.83. The molecular formula is C20H17N3O3S. The van der Waals surface area contributed by atoms with Gasteiger partial charge < -0.3 is 15.4 Å². The molecule has 0 fully saturated rings. The molecule has 136 valence electrons. The largest absolute Gasteiger partial charge is 0.497 e. The summed E-state index contributed by atoms with van der Waals surface area (Å²) in [5, 5.41) is 8.97. The monoisotopic (exact) mass is 379 g/mol. The van der Waals surface area contributed by atoms with Gasteiger partial charge in [-0.05, 0) is 53.4 Å². The van der Waals surface area contributed by atoms with Crippen molar-refractivity contribution in [2.24, 2.45) is 0 Å². The van der Waals surface area contributed by atoms with Gasteiger partial charge in [-0.15, -0.1) is 0 Å². The van der Waals surface area contributed by atoms with E-state index in [-0.39, 0.29) is 11.6 Å².